The first-order chi connectivity index (χ1) is 5.56. The lowest BCUT2D eigenvalue weighted by molar-refractivity contribution is -0.155. The fourth-order valence-corrected chi connectivity index (χ4v) is 2.01. The van der Waals surface area contributed by atoms with E-state index in [0.717, 1.165) is 0 Å². The maximum absolute atomic E-state index is 11.3. The Kier molecular flexibility index (Phi) is 1.26. The molecule has 1 saturated carbocycles. The number of rotatable bonds is 0. The standard InChI is InChI=1S/C8H11NO3/c1-4-3-8(5(4)2)6(10)9-7(11)12-8/h4-5H,3H2,1-2H3,(H,9,10,11). The molecule has 3 atom stereocenters. The summed E-state index contributed by atoms with van der Waals surface area (Å²) in [6.07, 6.45) is 0.0601. The van der Waals surface area contributed by atoms with Gasteiger partial charge in [0.2, 0.25) is 0 Å². The Hall–Kier alpha value is -1.06. The topological polar surface area (TPSA) is 55.4 Å². The van der Waals surface area contributed by atoms with Crippen molar-refractivity contribution in [1.29, 1.82) is 0 Å². The van der Waals surface area contributed by atoms with Crippen molar-refractivity contribution in [1.82, 2.24) is 5.32 Å². The van der Waals surface area contributed by atoms with Gasteiger partial charge in [0.15, 0.2) is 5.60 Å². The lowest BCUT2D eigenvalue weighted by Gasteiger charge is -2.45. The Bertz CT molecular complexity index is 263. The Morgan fingerprint density at radius 2 is 2.17 bits per heavy atom. The third-order valence-electron chi connectivity index (χ3n) is 3.09. The van der Waals surface area contributed by atoms with Crippen molar-refractivity contribution in [2.24, 2.45) is 11.8 Å². The number of hydrogen-bond acceptors (Lipinski definition) is 3. The fourth-order valence-electron chi connectivity index (χ4n) is 2.01. The van der Waals surface area contributed by atoms with E-state index >= 15 is 0 Å². The monoisotopic (exact) mass is 169 g/mol. The summed E-state index contributed by atoms with van der Waals surface area (Å²) in [5.74, 6) is 0.337. The number of amides is 2. The van der Waals surface area contributed by atoms with Crippen LogP contribution in [0.4, 0.5) is 4.79 Å². The number of imide groups is 1. The van der Waals surface area contributed by atoms with E-state index in [4.69, 9.17) is 4.74 Å². The van der Waals surface area contributed by atoms with Gasteiger partial charge in [0.05, 0.1) is 0 Å². The lowest BCUT2D eigenvalue weighted by atomic mass is 9.62. The lowest BCUT2D eigenvalue weighted by Crippen LogP contribution is -2.57. The van der Waals surface area contributed by atoms with E-state index in [-0.39, 0.29) is 11.8 Å². The summed E-state index contributed by atoms with van der Waals surface area (Å²) < 4.78 is 4.98. The molecular formula is C8H11NO3. The van der Waals surface area contributed by atoms with Gasteiger partial charge in [0.1, 0.15) is 0 Å². The molecule has 1 spiro atoms. The SMILES string of the molecule is CC1CC2(OC(=O)NC2=O)C1C. The van der Waals surface area contributed by atoms with Crippen molar-refractivity contribution in [3.63, 3.8) is 0 Å². The van der Waals surface area contributed by atoms with Crippen molar-refractivity contribution >= 4 is 12.0 Å². The van der Waals surface area contributed by atoms with Gasteiger partial charge >= 0.3 is 6.09 Å². The van der Waals surface area contributed by atoms with Gasteiger partial charge in [-0.05, 0) is 12.3 Å². The molecule has 2 rings (SSSR count). The molecule has 4 nitrogen and oxygen atoms in total. The molecule has 66 valence electrons. The maximum Gasteiger partial charge on any atom is 0.415 e. The number of hydrogen-bond donors (Lipinski definition) is 1. The van der Waals surface area contributed by atoms with Gasteiger partial charge in [-0.25, -0.2) is 4.79 Å². The van der Waals surface area contributed by atoms with Gasteiger partial charge < -0.3 is 4.74 Å². The molecule has 4 heteroatoms. The third kappa shape index (κ3) is 0.673. The summed E-state index contributed by atoms with van der Waals surface area (Å²) in [5, 5.41) is 2.16. The largest absolute Gasteiger partial charge is 0.432 e. The molecule has 0 radical (unpaired) electrons. The quantitative estimate of drug-likeness (QED) is 0.579. The van der Waals surface area contributed by atoms with Crippen LogP contribution in [0.1, 0.15) is 20.3 Å². The Labute approximate surface area is 70.3 Å². The average molecular weight is 169 g/mol. The van der Waals surface area contributed by atoms with Gasteiger partial charge in [-0.3, -0.25) is 10.1 Å². The molecule has 12 heavy (non-hydrogen) atoms. The Balaban J connectivity index is 2.24. The second kappa shape index (κ2) is 2.00. The normalized spacial score (nSPS) is 45.5. The second-order valence-corrected chi connectivity index (χ2v) is 3.70. The highest BCUT2D eigenvalue weighted by atomic mass is 16.6. The molecule has 1 heterocycles. The van der Waals surface area contributed by atoms with Gasteiger partial charge in [-0.1, -0.05) is 13.8 Å². The zero-order valence-corrected chi connectivity index (χ0v) is 7.09. The van der Waals surface area contributed by atoms with Crippen LogP contribution in [-0.4, -0.2) is 17.6 Å². The van der Waals surface area contributed by atoms with Gasteiger partial charge in [-0.15, -0.1) is 0 Å². The Morgan fingerprint density at radius 3 is 2.50 bits per heavy atom. The molecule has 1 saturated heterocycles. The van der Waals surface area contributed by atoms with Crippen molar-refractivity contribution < 1.29 is 14.3 Å². The summed E-state index contributed by atoms with van der Waals surface area (Å²) in [6, 6.07) is 0. The van der Waals surface area contributed by atoms with E-state index in [1.807, 2.05) is 6.92 Å². The van der Waals surface area contributed by atoms with E-state index in [2.05, 4.69) is 12.2 Å². The predicted octanol–water partition coefficient (Wildman–Crippen LogP) is 0.667. The highest BCUT2D eigenvalue weighted by molar-refractivity contribution is 6.03. The highest BCUT2D eigenvalue weighted by Crippen LogP contribution is 2.48. The summed E-state index contributed by atoms with van der Waals surface area (Å²) >= 11 is 0. The molecule has 1 N–H and O–H groups in total. The van der Waals surface area contributed by atoms with Gasteiger partial charge in [-0.2, -0.15) is 0 Å². The van der Waals surface area contributed by atoms with E-state index < -0.39 is 11.7 Å². The molecule has 3 unspecified atom stereocenters. The molecular weight excluding hydrogens is 158 g/mol. The van der Waals surface area contributed by atoms with Crippen LogP contribution in [0.15, 0.2) is 0 Å². The summed E-state index contributed by atoms with van der Waals surface area (Å²) in [6.45, 7) is 3.99. The fraction of sp³-hybridized carbons (Fsp3) is 0.750. The zero-order valence-electron chi connectivity index (χ0n) is 7.09. The van der Waals surface area contributed by atoms with Crippen LogP contribution in [-0.2, 0) is 9.53 Å². The van der Waals surface area contributed by atoms with Crippen LogP contribution in [0.3, 0.4) is 0 Å². The third-order valence-corrected chi connectivity index (χ3v) is 3.09. The summed E-state index contributed by atoms with van der Waals surface area (Å²) in [5.41, 5.74) is -0.823. The van der Waals surface area contributed by atoms with Crippen molar-refractivity contribution in [2.45, 2.75) is 25.9 Å². The van der Waals surface area contributed by atoms with Crippen molar-refractivity contribution in [2.75, 3.05) is 0 Å². The molecule has 1 aliphatic carbocycles. The molecule has 2 amide bonds. The number of carbonyl (C=O) groups is 2. The molecule has 0 aromatic heterocycles. The van der Waals surface area contributed by atoms with Crippen LogP contribution in [0.5, 0.6) is 0 Å². The number of alkyl carbamates (subject to hydrolysis) is 1. The molecule has 0 aromatic carbocycles. The molecule has 2 fully saturated rings. The molecule has 1 aliphatic heterocycles. The van der Waals surface area contributed by atoms with Gasteiger partial charge in [0.25, 0.3) is 5.91 Å². The number of nitrogens with one attached hydrogen (secondary N) is 1. The van der Waals surface area contributed by atoms with Crippen LogP contribution in [0.25, 0.3) is 0 Å². The van der Waals surface area contributed by atoms with E-state index in [1.54, 1.807) is 0 Å². The minimum atomic E-state index is -0.823. The zero-order chi connectivity index (χ0) is 8.93. The minimum Gasteiger partial charge on any atom is -0.432 e. The van der Waals surface area contributed by atoms with Crippen LogP contribution in [0.2, 0.25) is 0 Å². The predicted molar refractivity (Wildman–Crippen MR) is 40.3 cm³/mol. The van der Waals surface area contributed by atoms with E-state index in [0.29, 0.717) is 12.3 Å². The summed E-state index contributed by atoms with van der Waals surface area (Å²) in [7, 11) is 0. The highest BCUT2D eigenvalue weighted by Gasteiger charge is 2.61. The summed E-state index contributed by atoms with van der Waals surface area (Å²) in [4.78, 5) is 22.0. The van der Waals surface area contributed by atoms with Crippen LogP contribution >= 0.6 is 0 Å². The maximum atomic E-state index is 11.3. The van der Waals surface area contributed by atoms with E-state index in [1.165, 1.54) is 0 Å². The first kappa shape index (κ1) is 7.58. The smallest absolute Gasteiger partial charge is 0.415 e. The number of carbonyl (C=O) groups excluding carboxylic acids is 2. The van der Waals surface area contributed by atoms with Crippen LogP contribution in [0, 0.1) is 11.8 Å². The molecule has 0 bridgehead atoms. The Morgan fingerprint density at radius 1 is 1.50 bits per heavy atom. The van der Waals surface area contributed by atoms with Crippen LogP contribution < -0.4 is 5.32 Å². The number of ether oxygens (including phenoxy) is 1. The average Bonchev–Trinajstić information content (AvgIpc) is 2.29. The second-order valence-electron chi connectivity index (χ2n) is 3.70. The first-order valence-electron chi connectivity index (χ1n) is 4.11. The molecule has 2 aliphatic rings. The first-order valence-corrected chi connectivity index (χ1v) is 4.11. The van der Waals surface area contributed by atoms with E-state index in [9.17, 15) is 9.59 Å². The van der Waals surface area contributed by atoms with Gasteiger partial charge in [0, 0.05) is 5.92 Å². The molecule has 0 aromatic rings. The van der Waals surface area contributed by atoms with Crippen molar-refractivity contribution in [3.05, 3.63) is 0 Å². The minimum absolute atomic E-state index is 0.143. The van der Waals surface area contributed by atoms with Crippen molar-refractivity contribution in [3.8, 4) is 0 Å².